The van der Waals surface area contributed by atoms with Crippen molar-refractivity contribution in [2.45, 2.75) is 277 Å². The van der Waals surface area contributed by atoms with Gasteiger partial charge >= 0.3 is 17.9 Å². The summed E-state index contributed by atoms with van der Waals surface area (Å²) in [5, 5.41) is 0. The van der Waals surface area contributed by atoms with Crippen LogP contribution in [0.15, 0.2) is 60.8 Å². The Balaban J connectivity index is 4.12. The molecule has 0 aliphatic carbocycles. The Labute approximate surface area is 396 Å². The van der Waals surface area contributed by atoms with Crippen molar-refractivity contribution >= 4 is 17.9 Å². The van der Waals surface area contributed by atoms with Gasteiger partial charge in [-0.1, -0.05) is 229 Å². The van der Waals surface area contributed by atoms with Gasteiger partial charge in [0, 0.05) is 19.3 Å². The summed E-state index contributed by atoms with van der Waals surface area (Å²) in [7, 11) is 0. The fourth-order valence-electron chi connectivity index (χ4n) is 7.66. The van der Waals surface area contributed by atoms with Crippen molar-refractivity contribution < 1.29 is 28.6 Å². The number of carbonyl (C=O) groups excluding carboxylic acids is 3. The van der Waals surface area contributed by atoms with Crippen LogP contribution in [0.2, 0.25) is 0 Å². The third-order valence-corrected chi connectivity index (χ3v) is 11.8. The maximum absolute atomic E-state index is 12.8. The Bertz CT molecular complexity index is 1170. The predicted molar refractivity (Wildman–Crippen MR) is 275 cm³/mol. The molecule has 1 atom stereocenters. The molecule has 0 radical (unpaired) electrons. The minimum absolute atomic E-state index is 0.0770. The maximum Gasteiger partial charge on any atom is 0.306 e. The van der Waals surface area contributed by atoms with E-state index in [9.17, 15) is 14.4 Å². The second-order valence-electron chi connectivity index (χ2n) is 18.1. The lowest BCUT2D eigenvalue weighted by atomic mass is 10.1. The van der Waals surface area contributed by atoms with Gasteiger partial charge in [0.05, 0.1) is 0 Å². The highest BCUT2D eigenvalue weighted by molar-refractivity contribution is 5.71. The molecule has 0 aromatic carbocycles. The topological polar surface area (TPSA) is 78.9 Å². The Morgan fingerprint density at radius 2 is 0.609 bits per heavy atom. The Kier molecular flexibility index (Phi) is 50.4. The van der Waals surface area contributed by atoms with Gasteiger partial charge in [-0.05, 0) is 83.5 Å². The smallest absolute Gasteiger partial charge is 0.306 e. The minimum atomic E-state index is -0.773. The molecule has 0 amide bonds. The first-order chi connectivity index (χ1) is 31.5. The highest BCUT2D eigenvalue weighted by Crippen LogP contribution is 2.15. The molecular formula is C58H102O6. The van der Waals surface area contributed by atoms with Crippen LogP contribution in [0.5, 0.6) is 0 Å². The van der Waals surface area contributed by atoms with Crippen LogP contribution < -0.4 is 0 Å². The molecule has 370 valence electrons. The van der Waals surface area contributed by atoms with Gasteiger partial charge in [0.25, 0.3) is 0 Å². The molecule has 0 aromatic rings. The molecule has 0 aliphatic rings. The van der Waals surface area contributed by atoms with Crippen molar-refractivity contribution in [2.24, 2.45) is 0 Å². The van der Waals surface area contributed by atoms with E-state index in [1.165, 1.54) is 141 Å². The van der Waals surface area contributed by atoms with E-state index in [0.29, 0.717) is 19.3 Å². The average Bonchev–Trinajstić information content (AvgIpc) is 3.29. The Morgan fingerprint density at radius 1 is 0.328 bits per heavy atom. The van der Waals surface area contributed by atoms with E-state index in [2.05, 4.69) is 81.5 Å². The van der Waals surface area contributed by atoms with Crippen molar-refractivity contribution in [3.8, 4) is 0 Å². The molecule has 0 heterocycles. The molecule has 0 aliphatic heterocycles. The lowest BCUT2D eigenvalue weighted by molar-refractivity contribution is -0.167. The standard InChI is InChI=1S/C58H102O6/c1-4-7-10-13-15-17-19-21-23-25-27-28-29-30-31-33-34-36-38-40-42-45-48-51-57(60)63-54-55(53-62-56(59)50-47-44-12-9-6-3)64-58(61)52-49-46-43-41-39-37-35-32-26-24-22-20-18-16-14-11-8-5-2/h7,10,15,17,21,23-24,26-28,55H,4-6,8-9,11-14,16,18-20,22,25,29-54H2,1-3H3/b10-7-,17-15-,23-21-,26-24-,28-27-. The number of hydrogen-bond acceptors (Lipinski definition) is 6. The van der Waals surface area contributed by atoms with Crippen LogP contribution >= 0.6 is 0 Å². The monoisotopic (exact) mass is 895 g/mol. The number of hydrogen-bond donors (Lipinski definition) is 0. The summed E-state index contributed by atoms with van der Waals surface area (Å²) in [4.78, 5) is 37.7. The zero-order chi connectivity index (χ0) is 46.5. The van der Waals surface area contributed by atoms with Gasteiger partial charge in [-0.2, -0.15) is 0 Å². The van der Waals surface area contributed by atoms with Crippen LogP contribution in [-0.4, -0.2) is 37.2 Å². The van der Waals surface area contributed by atoms with Gasteiger partial charge < -0.3 is 14.2 Å². The van der Waals surface area contributed by atoms with Crippen LogP contribution in [0.4, 0.5) is 0 Å². The summed E-state index contributed by atoms with van der Waals surface area (Å²) in [5.41, 5.74) is 0. The van der Waals surface area contributed by atoms with E-state index >= 15 is 0 Å². The Hall–Kier alpha value is -2.89. The fraction of sp³-hybridized carbons (Fsp3) is 0.776. The van der Waals surface area contributed by atoms with Gasteiger partial charge in [0.1, 0.15) is 13.2 Å². The molecule has 64 heavy (non-hydrogen) atoms. The summed E-state index contributed by atoms with van der Waals surface area (Å²) in [6.07, 6.45) is 65.3. The van der Waals surface area contributed by atoms with Crippen molar-refractivity contribution in [3.05, 3.63) is 60.8 Å². The zero-order valence-corrected chi connectivity index (χ0v) is 42.3. The number of ether oxygens (including phenoxy) is 3. The van der Waals surface area contributed by atoms with Gasteiger partial charge in [-0.25, -0.2) is 0 Å². The SMILES string of the molecule is CC/C=C\C/C=C\C/C=C\C/C=C\CCCCCCCCCCCCC(=O)OCC(COC(=O)CCCCCCC)OC(=O)CCCCCCCCC/C=C\CCCCCCCCC. The maximum atomic E-state index is 12.8. The lowest BCUT2D eigenvalue weighted by Crippen LogP contribution is -2.30. The number of carbonyl (C=O) groups is 3. The normalized spacial score (nSPS) is 12.5. The van der Waals surface area contributed by atoms with Crippen LogP contribution in [0, 0.1) is 0 Å². The summed E-state index contributed by atoms with van der Waals surface area (Å²) in [6.45, 7) is 6.45. The third-order valence-electron chi connectivity index (χ3n) is 11.8. The second-order valence-corrected chi connectivity index (χ2v) is 18.1. The number of unbranched alkanes of at least 4 members (excludes halogenated alkanes) is 28. The summed E-state index contributed by atoms with van der Waals surface area (Å²) >= 11 is 0. The largest absolute Gasteiger partial charge is 0.462 e. The number of esters is 3. The first kappa shape index (κ1) is 61.1. The molecule has 6 nitrogen and oxygen atoms in total. The molecule has 0 N–H and O–H groups in total. The highest BCUT2D eigenvalue weighted by atomic mass is 16.6. The summed E-state index contributed by atoms with van der Waals surface area (Å²) in [5.74, 6) is -0.893. The van der Waals surface area contributed by atoms with Crippen LogP contribution in [0.25, 0.3) is 0 Å². The molecule has 0 saturated carbocycles. The van der Waals surface area contributed by atoms with E-state index in [0.717, 1.165) is 89.9 Å². The summed E-state index contributed by atoms with van der Waals surface area (Å²) in [6, 6.07) is 0. The second kappa shape index (κ2) is 52.7. The third kappa shape index (κ3) is 50.1. The van der Waals surface area contributed by atoms with Crippen molar-refractivity contribution in [3.63, 3.8) is 0 Å². The summed E-state index contributed by atoms with van der Waals surface area (Å²) < 4.78 is 16.7. The fourth-order valence-corrected chi connectivity index (χ4v) is 7.66. The molecule has 0 bridgehead atoms. The van der Waals surface area contributed by atoms with Crippen LogP contribution in [0.1, 0.15) is 271 Å². The van der Waals surface area contributed by atoms with E-state index in [-0.39, 0.29) is 31.1 Å². The molecule has 6 heteroatoms. The minimum Gasteiger partial charge on any atom is -0.462 e. The molecule has 1 unspecified atom stereocenters. The van der Waals surface area contributed by atoms with Gasteiger partial charge in [-0.3, -0.25) is 14.4 Å². The number of allylic oxidation sites excluding steroid dienone is 10. The molecular weight excluding hydrogens is 793 g/mol. The molecule has 0 rings (SSSR count). The van der Waals surface area contributed by atoms with Crippen LogP contribution in [0.3, 0.4) is 0 Å². The molecule has 0 spiro atoms. The van der Waals surface area contributed by atoms with Crippen molar-refractivity contribution in [2.75, 3.05) is 13.2 Å². The van der Waals surface area contributed by atoms with Gasteiger partial charge in [0.2, 0.25) is 0 Å². The van der Waals surface area contributed by atoms with E-state index < -0.39 is 6.10 Å². The first-order valence-electron chi connectivity index (χ1n) is 27.3. The van der Waals surface area contributed by atoms with Gasteiger partial charge in [-0.15, -0.1) is 0 Å². The molecule has 0 aromatic heterocycles. The molecule has 0 fully saturated rings. The average molecular weight is 895 g/mol. The lowest BCUT2D eigenvalue weighted by Gasteiger charge is -2.18. The highest BCUT2D eigenvalue weighted by Gasteiger charge is 2.19. The van der Waals surface area contributed by atoms with Crippen LogP contribution in [-0.2, 0) is 28.6 Å². The van der Waals surface area contributed by atoms with E-state index in [1.54, 1.807) is 0 Å². The van der Waals surface area contributed by atoms with Crippen molar-refractivity contribution in [1.29, 1.82) is 0 Å². The zero-order valence-electron chi connectivity index (χ0n) is 42.3. The van der Waals surface area contributed by atoms with E-state index in [4.69, 9.17) is 14.2 Å². The number of rotatable bonds is 49. The van der Waals surface area contributed by atoms with Gasteiger partial charge in [0.15, 0.2) is 6.10 Å². The first-order valence-corrected chi connectivity index (χ1v) is 27.3. The van der Waals surface area contributed by atoms with E-state index in [1.807, 2.05) is 0 Å². The molecule has 0 saturated heterocycles. The van der Waals surface area contributed by atoms with Crippen molar-refractivity contribution in [1.82, 2.24) is 0 Å². The quantitative estimate of drug-likeness (QED) is 0.0262. The Morgan fingerprint density at radius 3 is 0.969 bits per heavy atom. The predicted octanol–water partition coefficient (Wildman–Crippen LogP) is 18.0.